The Labute approximate surface area is 166 Å². The van der Waals surface area contributed by atoms with Crippen LogP contribution in [0.25, 0.3) is 0 Å². The number of hydrogen-bond acceptors (Lipinski definition) is 5. The van der Waals surface area contributed by atoms with E-state index in [4.69, 9.17) is 9.47 Å². The first-order chi connectivity index (χ1) is 13.3. The highest BCUT2D eigenvalue weighted by Crippen LogP contribution is 2.26. The lowest BCUT2D eigenvalue weighted by atomic mass is 10.1. The molecule has 1 N–H and O–H groups in total. The highest BCUT2D eigenvalue weighted by Gasteiger charge is 2.19. The number of para-hydroxylation sites is 1. The van der Waals surface area contributed by atoms with Crippen molar-refractivity contribution in [2.45, 2.75) is 36.5 Å². The molecule has 0 fully saturated rings. The van der Waals surface area contributed by atoms with E-state index in [1.54, 1.807) is 52.3 Å². The predicted molar refractivity (Wildman–Crippen MR) is 108 cm³/mol. The molecule has 0 aromatic heterocycles. The van der Waals surface area contributed by atoms with Crippen LogP contribution in [-0.2, 0) is 25.8 Å². The van der Waals surface area contributed by atoms with Crippen molar-refractivity contribution in [3.8, 4) is 5.75 Å². The van der Waals surface area contributed by atoms with E-state index in [-0.39, 0.29) is 23.3 Å². The summed E-state index contributed by atoms with van der Waals surface area (Å²) in [4.78, 5) is 12.6. The Kier molecular flexibility index (Phi) is 7.60. The minimum absolute atomic E-state index is 0.157. The summed E-state index contributed by atoms with van der Waals surface area (Å²) >= 11 is 0. The second-order valence-electron chi connectivity index (χ2n) is 6.68. The molecule has 0 saturated heterocycles. The molecule has 0 spiro atoms. The van der Waals surface area contributed by atoms with Gasteiger partial charge in [-0.2, -0.15) is 0 Å². The monoisotopic (exact) mass is 405 g/mol. The van der Waals surface area contributed by atoms with E-state index in [0.29, 0.717) is 12.3 Å². The molecule has 0 aliphatic carbocycles. The first-order valence-electron chi connectivity index (χ1n) is 9.04. The summed E-state index contributed by atoms with van der Waals surface area (Å²) in [6.45, 7) is 3.59. The molecule has 0 aliphatic rings. The molecular formula is C21H27NO5S. The van der Waals surface area contributed by atoms with E-state index in [2.05, 4.69) is 5.32 Å². The molecule has 28 heavy (non-hydrogen) atoms. The lowest BCUT2D eigenvalue weighted by Crippen LogP contribution is -2.30. The number of carbonyl (C=O) groups is 1. The predicted octanol–water partition coefficient (Wildman–Crippen LogP) is 2.92. The minimum Gasteiger partial charge on any atom is -0.496 e. The molecule has 2 aromatic carbocycles. The van der Waals surface area contributed by atoms with E-state index in [0.717, 1.165) is 11.1 Å². The third-order valence-electron chi connectivity index (χ3n) is 4.49. The zero-order valence-corrected chi connectivity index (χ0v) is 17.5. The van der Waals surface area contributed by atoms with Crippen molar-refractivity contribution in [1.29, 1.82) is 0 Å². The first-order valence-corrected chi connectivity index (χ1v) is 10.6. The van der Waals surface area contributed by atoms with Gasteiger partial charge in [-0.25, -0.2) is 8.42 Å². The standard InChI is InChI=1S/C21H27NO5S/c1-15(2)28(24,25)17-11-9-16(10-12-17)13-21(23)22-14-20(27-4)18-7-5-6-8-19(18)26-3/h5-12,15,20H,13-14H2,1-4H3,(H,22,23). The Morgan fingerprint density at radius 2 is 1.68 bits per heavy atom. The summed E-state index contributed by atoms with van der Waals surface area (Å²) in [7, 11) is -0.142. The summed E-state index contributed by atoms with van der Waals surface area (Å²) in [6.07, 6.45) is -0.177. The zero-order chi connectivity index (χ0) is 20.7. The van der Waals surface area contributed by atoms with Crippen molar-refractivity contribution in [2.24, 2.45) is 0 Å². The summed E-state index contributed by atoms with van der Waals surface area (Å²) in [5, 5.41) is 2.37. The lowest BCUT2D eigenvalue weighted by Gasteiger charge is -2.19. The first kappa shape index (κ1) is 21.9. The highest BCUT2D eigenvalue weighted by atomic mass is 32.2. The van der Waals surface area contributed by atoms with Crippen LogP contribution in [0, 0.1) is 0 Å². The van der Waals surface area contributed by atoms with Gasteiger partial charge in [0.15, 0.2) is 9.84 Å². The molecule has 1 unspecified atom stereocenters. The molecule has 1 amide bonds. The third kappa shape index (κ3) is 5.33. The van der Waals surface area contributed by atoms with Crippen LogP contribution in [0.3, 0.4) is 0 Å². The van der Waals surface area contributed by atoms with Gasteiger partial charge in [-0.15, -0.1) is 0 Å². The fourth-order valence-electron chi connectivity index (χ4n) is 2.78. The van der Waals surface area contributed by atoms with E-state index in [1.807, 2.05) is 24.3 Å². The second kappa shape index (κ2) is 9.71. The van der Waals surface area contributed by atoms with Gasteiger partial charge in [-0.05, 0) is 37.6 Å². The Morgan fingerprint density at radius 1 is 1.04 bits per heavy atom. The van der Waals surface area contributed by atoms with Crippen molar-refractivity contribution in [3.05, 3.63) is 59.7 Å². The number of methoxy groups -OCH3 is 2. The quantitative estimate of drug-likeness (QED) is 0.694. The lowest BCUT2D eigenvalue weighted by molar-refractivity contribution is -0.121. The maximum atomic E-state index is 12.3. The van der Waals surface area contributed by atoms with E-state index >= 15 is 0 Å². The van der Waals surface area contributed by atoms with Crippen LogP contribution in [0.2, 0.25) is 0 Å². The van der Waals surface area contributed by atoms with E-state index in [1.165, 1.54) is 0 Å². The van der Waals surface area contributed by atoms with Crippen LogP contribution < -0.4 is 10.1 Å². The number of benzene rings is 2. The average Bonchev–Trinajstić information content (AvgIpc) is 2.69. The fraction of sp³-hybridized carbons (Fsp3) is 0.381. The highest BCUT2D eigenvalue weighted by molar-refractivity contribution is 7.92. The summed E-state index contributed by atoms with van der Waals surface area (Å²) in [6, 6.07) is 13.9. The van der Waals surface area contributed by atoms with Gasteiger partial charge in [0.2, 0.25) is 5.91 Å². The van der Waals surface area contributed by atoms with Gasteiger partial charge in [-0.1, -0.05) is 30.3 Å². The molecule has 0 radical (unpaired) electrons. The molecular weight excluding hydrogens is 378 g/mol. The molecule has 0 saturated carbocycles. The SMILES string of the molecule is COc1ccccc1C(CNC(=O)Cc1ccc(S(=O)(=O)C(C)C)cc1)OC. The van der Waals surface area contributed by atoms with E-state index in [9.17, 15) is 13.2 Å². The van der Waals surface area contributed by atoms with Crippen LogP contribution in [0.1, 0.15) is 31.1 Å². The van der Waals surface area contributed by atoms with Gasteiger partial charge in [-0.3, -0.25) is 4.79 Å². The molecule has 152 valence electrons. The van der Waals surface area contributed by atoms with Gasteiger partial charge in [0.1, 0.15) is 11.9 Å². The number of amides is 1. The smallest absolute Gasteiger partial charge is 0.224 e. The molecule has 1 atom stereocenters. The maximum absolute atomic E-state index is 12.3. The Morgan fingerprint density at radius 3 is 2.25 bits per heavy atom. The number of sulfone groups is 1. The van der Waals surface area contributed by atoms with Gasteiger partial charge in [0.25, 0.3) is 0 Å². The number of carbonyl (C=O) groups excluding carboxylic acids is 1. The fourth-order valence-corrected chi connectivity index (χ4v) is 3.84. The molecule has 2 aromatic rings. The van der Waals surface area contributed by atoms with E-state index < -0.39 is 15.1 Å². The van der Waals surface area contributed by atoms with Crippen LogP contribution in [0.15, 0.2) is 53.4 Å². The van der Waals surface area contributed by atoms with Gasteiger partial charge >= 0.3 is 0 Å². The van der Waals surface area contributed by atoms with Crippen LogP contribution in [0.5, 0.6) is 5.75 Å². The molecule has 0 bridgehead atoms. The second-order valence-corrected chi connectivity index (χ2v) is 9.19. The average molecular weight is 406 g/mol. The number of ether oxygens (including phenoxy) is 2. The van der Waals surface area contributed by atoms with Gasteiger partial charge < -0.3 is 14.8 Å². The molecule has 0 heterocycles. The van der Waals surface area contributed by atoms with Crippen LogP contribution >= 0.6 is 0 Å². The largest absolute Gasteiger partial charge is 0.496 e. The van der Waals surface area contributed by atoms with Crippen molar-refractivity contribution in [3.63, 3.8) is 0 Å². The molecule has 6 nitrogen and oxygen atoms in total. The number of rotatable bonds is 9. The normalized spacial score (nSPS) is 12.6. The Balaban J connectivity index is 1.98. The summed E-state index contributed by atoms with van der Waals surface area (Å²) < 4.78 is 35.2. The summed E-state index contributed by atoms with van der Waals surface area (Å²) in [5.74, 6) is 0.530. The molecule has 7 heteroatoms. The van der Waals surface area contributed by atoms with Crippen LogP contribution in [0.4, 0.5) is 0 Å². The number of nitrogens with one attached hydrogen (secondary N) is 1. The number of hydrogen-bond donors (Lipinski definition) is 1. The summed E-state index contributed by atoms with van der Waals surface area (Å²) in [5.41, 5.74) is 1.60. The maximum Gasteiger partial charge on any atom is 0.224 e. The third-order valence-corrected chi connectivity index (χ3v) is 6.66. The zero-order valence-electron chi connectivity index (χ0n) is 16.6. The minimum atomic E-state index is -3.31. The topological polar surface area (TPSA) is 81.7 Å². The van der Waals surface area contributed by atoms with Crippen molar-refractivity contribution in [2.75, 3.05) is 20.8 Å². The van der Waals surface area contributed by atoms with Crippen molar-refractivity contribution in [1.82, 2.24) is 5.32 Å². The molecule has 0 aliphatic heterocycles. The Bertz CT molecular complexity index is 891. The Hall–Kier alpha value is -2.38. The van der Waals surface area contributed by atoms with Gasteiger partial charge in [0, 0.05) is 19.2 Å². The van der Waals surface area contributed by atoms with Crippen LogP contribution in [-0.4, -0.2) is 40.3 Å². The van der Waals surface area contributed by atoms with Gasteiger partial charge in [0.05, 0.1) is 23.7 Å². The molecule has 2 rings (SSSR count). The van der Waals surface area contributed by atoms with Crippen molar-refractivity contribution >= 4 is 15.7 Å². The van der Waals surface area contributed by atoms with Crippen molar-refractivity contribution < 1.29 is 22.7 Å².